The molecule has 0 unspecified atom stereocenters. The third-order valence-electron chi connectivity index (χ3n) is 2.76. The Labute approximate surface area is 76.8 Å². The number of ether oxygens (including phenoxy) is 2. The number of aliphatic carboxylic acids is 1. The van der Waals surface area contributed by atoms with Gasteiger partial charge in [0.25, 0.3) is 0 Å². The van der Waals surface area contributed by atoms with Gasteiger partial charge in [-0.2, -0.15) is 0 Å². The molecule has 4 heteroatoms. The SMILES string of the molecule is O=C(O)CC1(OC2COC2)CCC1. The van der Waals surface area contributed by atoms with E-state index in [-0.39, 0.29) is 18.1 Å². The molecule has 1 saturated heterocycles. The van der Waals surface area contributed by atoms with Crippen molar-refractivity contribution < 1.29 is 19.4 Å². The molecule has 2 aliphatic rings. The predicted octanol–water partition coefficient (Wildman–Crippen LogP) is 0.799. The van der Waals surface area contributed by atoms with Crippen LogP contribution in [0.3, 0.4) is 0 Å². The molecule has 0 amide bonds. The molecule has 1 aliphatic heterocycles. The van der Waals surface area contributed by atoms with E-state index in [2.05, 4.69) is 0 Å². The van der Waals surface area contributed by atoms with Crippen molar-refractivity contribution in [3.8, 4) is 0 Å². The van der Waals surface area contributed by atoms with Crippen LogP contribution in [0.4, 0.5) is 0 Å². The highest BCUT2D eigenvalue weighted by Crippen LogP contribution is 2.40. The molecule has 0 aromatic rings. The lowest BCUT2D eigenvalue weighted by Gasteiger charge is -2.45. The second kappa shape index (κ2) is 3.27. The fourth-order valence-corrected chi connectivity index (χ4v) is 1.82. The normalized spacial score (nSPS) is 26.2. The van der Waals surface area contributed by atoms with Crippen LogP contribution in [0.2, 0.25) is 0 Å². The van der Waals surface area contributed by atoms with Gasteiger partial charge in [-0.25, -0.2) is 0 Å². The predicted molar refractivity (Wildman–Crippen MR) is 44.5 cm³/mol. The lowest BCUT2D eigenvalue weighted by atomic mass is 9.77. The molecule has 13 heavy (non-hydrogen) atoms. The highest BCUT2D eigenvalue weighted by Gasteiger charge is 2.43. The van der Waals surface area contributed by atoms with Crippen LogP contribution in [0.15, 0.2) is 0 Å². The summed E-state index contributed by atoms with van der Waals surface area (Å²) in [5.74, 6) is -0.764. The summed E-state index contributed by atoms with van der Waals surface area (Å²) < 4.78 is 10.7. The average molecular weight is 186 g/mol. The van der Waals surface area contributed by atoms with Crippen LogP contribution in [0, 0.1) is 0 Å². The number of rotatable bonds is 4. The van der Waals surface area contributed by atoms with Crippen LogP contribution in [-0.4, -0.2) is 36.0 Å². The van der Waals surface area contributed by atoms with Gasteiger partial charge in [-0.3, -0.25) is 4.79 Å². The Bertz CT molecular complexity index is 206. The van der Waals surface area contributed by atoms with Crippen molar-refractivity contribution >= 4 is 5.97 Å². The molecule has 0 aromatic heterocycles. The van der Waals surface area contributed by atoms with Gasteiger partial charge in [-0.15, -0.1) is 0 Å². The van der Waals surface area contributed by atoms with Gasteiger partial charge < -0.3 is 14.6 Å². The summed E-state index contributed by atoms with van der Waals surface area (Å²) in [4.78, 5) is 10.6. The number of carboxylic acid groups (broad SMARTS) is 1. The number of carboxylic acids is 1. The Morgan fingerprint density at radius 2 is 2.23 bits per heavy atom. The van der Waals surface area contributed by atoms with Crippen LogP contribution < -0.4 is 0 Å². The quantitative estimate of drug-likeness (QED) is 0.705. The van der Waals surface area contributed by atoms with E-state index >= 15 is 0 Å². The number of carbonyl (C=O) groups is 1. The van der Waals surface area contributed by atoms with E-state index in [0.717, 1.165) is 19.3 Å². The number of hydrogen-bond donors (Lipinski definition) is 1. The van der Waals surface area contributed by atoms with Crippen molar-refractivity contribution in [2.45, 2.75) is 37.4 Å². The molecule has 2 rings (SSSR count). The molecule has 0 bridgehead atoms. The van der Waals surface area contributed by atoms with Gasteiger partial charge >= 0.3 is 5.97 Å². The molecule has 0 spiro atoms. The zero-order chi connectivity index (χ0) is 9.31. The molecule has 2 fully saturated rings. The van der Waals surface area contributed by atoms with Gasteiger partial charge in [0, 0.05) is 0 Å². The van der Waals surface area contributed by atoms with Crippen LogP contribution in [-0.2, 0) is 14.3 Å². The third kappa shape index (κ3) is 1.84. The van der Waals surface area contributed by atoms with E-state index in [1.54, 1.807) is 0 Å². The topological polar surface area (TPSA) is 55.8 Å². The zero-order valence-corrected chi connectivity index (χ0v) is 7.49. The minimum Gasteiger partial charge on any atom is -0.481 e. The summed E-state index contributed by atoms with van der Waals surface area (Å²) in [5.41, 5.74) is -0.361. The molecule has 1 saturated carbocycles. The molecular weight excluding hydrogens is 172 g/mol. The van der Waals surface area contributed by atoms with Crippen molar-refractivity contribution in [2.24, 2.45) is 0 Å². The molecule has 74 valence electrons. The fraction of sp³-hybridized carbons (Fsp3) is 0.889. The maximum atomic E-state index is 10.6. The van der Waals surface area contributed by atoms with Gasteiger partial charge in [-0.1, -0.05) is 0 Å². The fourth-order valence-electron chi connectivity index (χ4n) is 1.82. The van der Waals surface area contributed by atoms with E-state index in [1.165, 1.54) is 0 Å². The van der Waals surface area contributed by atoms with Crippen molar-refractivity contribution in [3.63, 3.8) is 0 Å². The molecular formula is C9H14O4. The van der Waals surface area contributed by atoms with Crippen molar-refractivity contribution in [2.75, 3.05) is 13.2 Å². The lowest BCUT2D eigenvalue weighted by molar-refractivity contribution is -0.220. The minimum absolute atomic E-state index is 0.139. The second-order valence-corrected chi connectivity index (χ2v) is 3.88. The molecule has 1 N–H and O–H groups in total. The lowest BCUT2D eigenvalue weighted by Crippen LogP contribution is -2.50. The van der Waals surface area contributed by atoms with Crippen molar-refractivity contribution in [1.82, 2.24) is 0 Å². The maximum Gasteiger partial charge on any atom is 0.306 e. The van der Waals surface area contributed by atoms with E-state index in [0.29, 0.717) is 13.2 Å². The van der Waals surface area contributed by atoms with Gasteiger partial charge in [0.2, 0.25) is 0 Å². The molecule has 0 radical (unpaired) electrons. The third-order valence-corrected chi connectivity index (χ3v) is 2.76. The Balaban J connectivity index is 1.86. The van der Waals surface area contributed by atoms with Crippen LogP contribution in [0.25, 0.3) is 0 Å². The summed E-state index contributed by atoms with van der Waals surface area (Å²) in [6.07, 6.45) is 3.13. The largest absolute Gasteiger partial charge is 0.481 e. The highest BCUT2D eigenvalue weighted by molar-refractivity contribution is 5.68. The summed E-state index contributed by atoms with van der Waals surface area (Å²) >= 11 is 0. The Morgan fingerprint density at radius 3 is 2.54 bits per heavy atom. The minimum atomic E-state index is -0.764. The van der Waals surface area contributed by atoms with E-state index < -0.39 is 5.97 Å². The summed E-state index contributed by atoms with van der Waals surface area (Å²) in [6.45, 7) is 1.25. The van der Waals surface area contributed by atoms with E-state index in [1.807, 2.05) is 0 Å². The van der Waals surface area contributed by atoms with Gasteiger partial charge in [-0.05, 0) is 19.3 Å². The maximum absolute atomic E-state index is 10.6. The molecule has 0 atom stereocenters. The molecule has 0 aromatic carbocycles. The van der Waals surface area contributed by atoms with Crippen molar-refractivity contribution in [1.29, 1.82) is 0 Å². The Morgan fingerprint density at radius 1 is 1.54 bits per heavy atom. The monoisotopic (exact) mass is 186 g/mol. The summed E-state index contributed by atoms with van der Waals surface area (Å²) in [7, 11) is 0. The summed E-state index contributed by atoms with van der Waals surface area (Å²) in [6, 6.07) is 0. The Kier molecular flexibility index (Phi) is 2.26. The first-order valence-electron chi connectivity index (χ1n) is 4.68. The first-order chi connectivity index (χ1) is 6.20. The first kappa shape index (κ1) is 8.97. The van der Waals surface area contributed by atoms with Gasteiger partial charge in [0.05, 0.1) is 25.2 Å². The van der Waals surface area contributed by atoms with E-state index in [4.69, 9.17) is 14.6 Å². The number of hydrogen-bond acceptors (Lipinski definition) is 3. The van der Waals surface area contributed by atoms with Crippen LogP contribution >= 0.6 is 0 Å². The molecule has 1 aliphatic carbocycles. The zero-order valence-electron chi connectivity index (χ0n) is 7.49. The van der Waals surface area contributed by atoms with Crippen LogP contribution in [0.5, 0.6) is 0 Å². The summed E-state index contributed by atoms with van der Waals surface area (Å²) in [5, 5.41) is 8.71. The molecule has 1 heterocycles. The Hall–Kier alpha value is -0.610. The highest BCUT2D eigenvalue weighted by atomic mass is 16.6. The van der Waals surface area contributed by atoms with Gasteiger partial charge in [0.15, 0.2) is 0 Å². The average Bonchev–Trinajstić information content (AvgIpc) is 1.90. The standard InChI is InChI=1S/C9H14O4/c10-8(11)4-9(2-1-3-9)13-7-5-12-6-7/h7H,1-6H2,(H,10,11). The van der Waals surface area contributed by atoms with Crippen LogP contribution in [0.1, 0.15) is 25.7 Å². The first-order valence-corrected chi connectivity index (χ1v) is 4.68. The van der Waals surface area contributed by atoms with Gasteiger partial charge in [0.1, 0.15) is 6.10 Å². The molecule has 4 nitrogen and oxygen atoms in total. The van der Waals surface area contributed by atoms with Crippen molar-refractivity contribution in [3.05, 3.63) is 0 Å². The second-order valence-electron chi connectivity index (χ2n) is 3.88. The van der Waals surface area contributed by atoms with E-state index in [9.17, 15) is 4.79 Å². The smallest absolute Gasteiger partial charge is 0.306 e.